The molecule has 2 aliphatic heterocycles. The fourth-order valence-electron chi connectivity index (χ4n) is 3.65. The van der Waals surface area contributed by atoms with Gasteiger partial charge in [0.05, 0.1) is 12.2 Å². The van der Waals surface area contributed by atoms with Crippen molar-refractivity contribution in [3.05, 3.63) is 0 Å². The molecule has 18 heavy (non-hydrogen) atoms. The Morgan fingerprint density at radius 1 is 1.28 bits per heavy atom. The third-order valence-electron chi connectivity index (χ3n) is 5.18. The van der Waals surface area contributed by atoms with Crippen molar-refractivity contribution < 1.29 is 4.74 Å². The summed E-state index contributed by atoms with van der Waals surface area (Å²) in [5.41, 5.74) is 6.39. The summed E-state index contributed by atoms with van der Waals surface area (Å²) < 4.78 is 5.96. The minimum Gasteiger partial charge on any atom is -0.372 e. The van der Waals surface area contributed by atoms with Gasteiger partial charge in [0.1, 0.15) is 0 Å². The molecule has 2 aliphatic rings. The average Bonchev–Trinajstić information content (AvgIpc) is 2.74. The highest BCUT2D eigenvalue weighted by Gasteiger charge is 2.42. The predicted octanol–water partition coefficient (Wildman–Crippen LogP) is 2.39. The summed E-state index contributed by atoms with van der Waals surface area (Å²) in [5.74, 6) is 0.758. The molecular formula is C15H30N2O. The van der Waals surface area contributed by atoms with Crippen molar-refractivity contribution in [2.45, 2.75) is 70.6 Å². The van der Waals surface area contributed by atoms with E-state index < -0.39 is 0 Å². The van der Waals surface area contributed by atoms with Crippen molar-refractivity contribution in [2.24, 2.45) is 11.7 Å². The number of nitrogens with two attached hydrogens (primary N) is 1. The Morgan fingerprint density at radius 3 is 2.33 bits per heavy atom. The third-order valence-corrected chi connectivity index (χ3v) is 5.18. The number of fused-ring (bicyclic) bond motifs is 2. The molecule has 2 rings (SSSR count). The van der Waals surface area contributed by atoms with E-state index in [-0.39, 0.29) is 5.54 Å². The Labute approximate surface area is 112 Å². The molecule has 0 aromatic rings. The van der Waals surface area contributed by atoms with Crippen LogP contribution in [-0.2, 0) is 4.74 Å². The van der Waals surface area contributed by atoms with E-state index in [2.05, 4.69) is 25.7 Å². The van der Waals surface area contributed by atoms with Gasteiger partial charge in [-0.05, 0) is 31.6 Å². The number of hydrogen-bond acceptors (Lipinski definition) is 3. The van der Waals surface area contributed by atoms with Gasteiger partial charge in [-0.15, -0.1) is 0 Å². The van der Waals surface area contributed by atoms with E-state index in [9.17, 15) is 0 Å². The van der Waals surface area contributed by atoms with E-state index in [0.29, 0.717) is 12.2 Å². The van der Waals surface area contributed by atoms with Crippen molar-refractivity contribution in [1.29, 1.82) is 0 Å². The fraction of sp³-hybridized carbons (Fsp3) is 1.00. The molecule has 0 aromatic heterocycles. The molecule has 2 N–H and O–H groups in total. The highest BCUT2D eigenvalue weighted by atomic mass is 16.5. The Balaban J connectivity index is 2.08. The van der Waals surface area contributed by atoms with Crippen molar-refractivity contribution >= 4 is 0 Å². The van der Waals surface area contributed by atoms with Crippen LogP contribution in [0, 0.1) is 5.92 Å². The molecule has 4 unspecified atom stereocenters. The highest BCUT2D eigenvalue weighted by Crippen LogP contribution is 2.35. The zero-order valence-electron chi connectivity index (χ0n) is 12.3. The van der Waals surface area contributed by atoms with Crippen LogP contribution < -0.4 is 5.73 Å². The van der Waals surface area contributed by atoms with E-state index in [1.54, 1.807) is 0 Å². The lowest BCUT2D eigenvalue weighted by Gasteiger charge is -2.48. The predicted molar refractivity (Wildman–Crippen MR) is 75.6 cm³/mol. The monoisotopic (exact) mass is 254 g/mol. The second-order valence-electron chi connectivity index (χ2n) is 6.36. The van der Waals surface area contributed by atoms with Gasteiger partial charge >= 0.3 is 0 Å². The van der Waals surface area contributed by atoms with Crippen LogP contribution in [-0.4, -0.2) is 42.3 Å². The number of rotatable bonds is 6. The number of likely N-dealkylation sites (tertiary alicyclic amines) is 1. The van der Waals surface area contributed by atoms with Crippen molar-refractivity contribution in [3.8, 4) is 0 Å². The first-order valence-corrected chi connectivity index (χ1v) is 7.74. The summed E-state index contributed by atoms with van der Waals surface area (Å²) in [4.78, 5) is 2.66. The lowest BCUT2D eigenvalue weighted by atomic mass is 9.82. The largest absolute Gasteiger partial charge is 0.372 e. The van der Waals surface area contributed by atoms with Gasteiger partial charge in [-0.1, -0.05) is 27.2 Å². The van der Waals surface area contributed by atoms with Crippen LogP contribution in [0.25, 0.3) is 0 Å². The molecule has 4 atom stereocenters. The van der Waals surface area contributed by atoms with E-state index in [4.69, 9.17) is 10.5 Å². The summed E-state index contributed by atoms with van der Waals surface area (Å²) in [7, 11) is 0. The Hall–Kier alpha value is -0.120. The average molecular weight is 254 g/mol. The maximum absolute atomic E-state index is 6.18. The van der Waals surface area contributed by atoms with Crippen LogP contribution in [0.3, 0.4) is 0 Å². The topological polar surface area (TPSA) is 38.5 Å². The van der Waals surface area contributed by atoms with Crippen LogP contribution in [0.1, 0.15) is 52.9 Å². The lowest BCUT2D eigenvalue weighted by Crippen LogP contribution is -2.59. The molecule has 3 heteroatoms. The highest BCUT2D eigenvalue weighted by molar-refractivity contribution is 4.97. The van der Waals surface area contributed by atoms with Gasteiger partial charge in [0.25, 0.3) is 0 Å². The third kappa shape index (κ3) is 2.73. The smallest absolute Gasteiger partial charge is 0.0707 e. The number of hydrogen-bond donors (Lipinski definition) is 1. The first-order valence-electron chi connectivity index (χ1n) is 7.74. The van der Waals surface area contributed by atoms with Gasteiger partial charge in [-0.3, -0.25) is 4.90 Å². The number of nitrogens with zero attached hydrogens (tertiary/aromatic N) is 1. The van der Waals surface area contributed by atoms with E-state index in [1.807, 2.05) is 0 Å². The number of ether oxygens (including phenoxy) is 1. The quantitative estimate of drug-likeness (QED) is 0.791. The zero-order chi connectivity index (χ0) is 13.2. The van der Waals surface area contributed by atoms with E-state index >= 15 is 0 Å². The molecule has 2 saturated heterocycles. The van der Waals surface area contributed by atoms with E-state index in [1.165, 1.54) is 25.7 Å². The summed E-state index contributed by atoms with van der Waals surface area (Å²) in [6.45, 7) is 9.91. The molecule has 106 valence electrons. The minimum absolute atomic E-state index is 0.208. The van der Waals surface area contributed by atoms with Gasteiger partial charge in [0.15, 0.2) is 0 Å². The Morgan fingerprint density at radius 2 is 1.89 bits per heavy atom. The molecule has 0 spiro atoms. The van der Waals surface area contributed by atoms with Crippen LogP contribution in [0.15, 0.2) is 0 Å². The van der Waals surface area contributed by atoms with Gasteiger partial charge in [-0.2, -0.15) is 0 Å². The van der Waals surface area contributed by atoms with Gasteiger partial charge in [-0.25, -0.2) is 0 Å². The first-order chi connectivity index (χ1) is 8.63. The summed E-state index contributed by atoms with van der Waals surface area (Å²) in [5, 5.41) is 0. The normalized spacial score (nSPS) is 33.3. The maximum Gasteiger partial charge on any atom is 0.0707 e. The molecule has 2 fully saturated rings. The van der Waals surface area contributed by atoms with Gasteiger partial charge < -0.3 is 10.5 Å². The van der Waals surface area contributed by atoms with Crippen LogP contribution in [0.5, 0.6) is 0 Å². The second-order valence-corrected chi connectivity index (χ2v) is 6.36. The van der Waals surface area contributed by atoms with Crippen molar-refractivity contribution in [3.63, 3.8) is 0 Å². The Kier molecular flexibility index (Phi) is 4.68. The standard InChI is InChI=1S/C15H30N2O/c1-4-12(3)8-15(5-2,11-16)17-9-13-6-7-14(10-17)18-13/h12-14H,4-11,16H2,1-3H3. The molecule has 2 heterocycles. The first kappa shape index (κ1) is 14.3. The summed E-state index contributed by atoms with van der Waals surface area (Å²) in [6.07, 6.45) is 7.07. The second kappa shape index (κ2) is 5.89. The lowest BCUT2D eigenvalue weighted by molar-refractivity contribution is -0.0829. The SMILES string of the molecule is CCC(C)CC(CC)(CN)N1CC2CCC(C1)O2. The molecule has 0 aliphatic carbocycles. The van der Waals surface area contributed by atoms with Crippen LogP contribution in [0.2, 0.25) is 0 Å². The number of morpholine rings is 1. The minimum atomic E-state index is 0.208. The van der Waals surface area contributed by atoms with Gasteiger partial charge in [0.2, 0.25) is 0 Å². The zero-order valence-corrected chi connectivity index (χ0v) is 12.3. The van der Waals surface area contributed by atoms with Crippen LogP contribution >= 0.6 is 0 Å². The van der Waals surface area contributed by atoms with E-state index in [0.717, 1.165) is 32.0 Å². The summed E-state index contributed by atoms with van der Waals surface area (Å²) in [6, 6.07) is 0. The molecule has 2 bridgehead atoms. The fourth-order valence-corrected chi connectivity index (χ4v) is 3.65. The molecule has 0 aromatic carbocycles. The molecule has 3 nitrogen and oxygen atoms in total. The molecular weight excluding hydrogens is 224 g/mol. The Bertz CT molecular complexity index is 253. The molecule has 0 radical (unpaired) electrons. The maximum atomic E-state index is 6.18. The summed E-state index contributed by atoms with van der Waals surface area (Å²) >= 11 is 0. The van der Waals surface area contributed by atoms with Crippen molar-refractivity contribution in [1.82, 2.24) is 4.90 Å². The molecule has 0 saturated carbocycles. The van der Waals surface area contributed by atoms with Crippen molar-refractivity contribution in [2.75, 3.05) is 19.6 Å². The molecule has 0 amide bonds. The van der Waals surface area contributed by atoms with Gasteiger partial charge in [0, 0.05) is 25.2 Å². The van der Waals surface area contributed by atoms with Crippen LogP contribution in [0.4, 0.5) is 0 Å².